The van der Waals surface area contributed by atoms with Gasteiger partial charge in [0.05, 0.1) is 16.8 Å². The quantitative estimate of drug-likeness (QED) is 0.754. The zero-order valence-electron chi connectivity index (χ0n) is 10.0. The average molecular weight is 328 g/mol. The Kier molecular flexibility index (Phi) is 2.84. The second-order valence-corrected chi connectivity index (χ2v) is 5.03. The second-order valence-electron chi connectivity index (χ2n) is 4.12. The zero-order valence-corrected chi connectivity index (χ0v) is 11.6. The van der Waals surface area contributed by atoms with E-state index in [1.807, 2.05) is 6.07 Å². The molecule has 0 aliphatic carbocycles. The molecule has 0 bridgehead atoms. The smallest absolute Gasteiger partial charge is 0.268 e. The van der Waals surface area contributed by atoms with E-state index in [-0.39, 0.29) is 22.5 Å². The summed E-state index contributed by atoms with van der Waals surface area (Å²) in [6, 6.07) is 9.93. The zero-order chi connectivity index (χ0) is 14.3. The Hall–Kier alpha value is -2.52. The number of nitriles is 1. The number of hydrogen-bond acceptors (Lipinski definition) is 4. The van der Waals surface area contributed by atoms with Crippen molar-refractivity contribution in [2.45, 2.75) is 0 Å². The third-order valence-corrected chi connectivity index (χ3v) is 3.46. The van der Waals surface area contributed by atoms with E-state index in [2.05, 4.69) is 20.9 Å². The molecule has 1 aromatic heterocycles. The van der Waals surface area contributed by atoms with Crippen LogP contribution in [0, 0.1) is 11.3 Å². The highest BCUT2D eigenvalue weighted by Gasteiger charge is 2.38. The van der Waals surface area contributed by atoms with Crippen LogP contribution in [0.25, 0.3) is 0 Å². The Labute approximate surface area is 122 Å². The average Bonchev–Trinajstić information content (AvgIpc) is 2.71. The summed E-state index contributed by atoms with van der Waals surface area (Å²) in [6.45, 7) is 0. The van der Waals surface area contributed by atoms with Gasteiger partial charge in [-0.15, -0.1) is 0 Å². The summed E-state index contributed by atoms with van der Waals surface area (Å²) in [7, 11) is 0. The van der Waals surface area contributed by atoms with Crippen LogP contribution in [-0.2, 0) is 0 Å². The van der Waals surface area contributed by atoms with Crippen molar-refractivity contribution in [1.82, 2.24) is 4.98 Å². The molecule has 1 aliphatic rings. The molecule has 1 aromatic carbocycles. The van der Waals surface area contributed by atoms with E-state index in [4.69, 9.17) is 5.26 Å². The van der Waals surface area contributed by atoms with Gasteiger partial charge in [-0.25, -0.2) is 4.90 Å². The van der Waals surface area contributed by atoms with Crippen LogP contribution in [-0.4, -0.2) is 16.8 Å². The molecule has 0 fully saturated rings. The first-order valence-electron chi connectivity index (χ1n) is 5.67. The van der Waals surface area contributed by atoms with Gasteiger partial charge in [0.1, 0.15) is 11.8 Å². The SMILES string of the molecule is N#Cc1ccc(Br)cc1N1C(=O)c2cccnc2C1=O. The molecule has 3 rings (SSSR count). The van der Waals surface area contributed by atoms with Crippen molar-refractivity contribution in [2.24, 2.45) is 0 Å². The Balaban J connectivity index is 2.19. The first-order chi connectivity index (χ1) is 9.63. The van der Waals surface area contributed by atoms with Crippen molar-refractivity contribution < 1.29 is 9.59 Å². The molecule has 20 heavy (non-hydrogen) atoms. The van der Waals surface area contributed by atoms with E-state index in [0.717, 1.165) is 4.90 Å². The van der Waals surface area contributed by atoms with E-state index in [9.17, 15) is 9.59 Å². The monoisotopic (exact) mass is 327 g/mol. The van der Waals surface area contributed by atoms with Crippen LogP contribution in [0.15, 0.2) is 41.0 Å². The molecule has 0 saturated carbocycles. The standard InChI is InChI=1S/C14H6BrN3O2/c15-9-4-3-8(7-16)11(6-9)18-13(19)10-2-1-5-17-12(10)14(18)20/h1-6H. The maximum Gasteiger partial charge on any atom is 0.284 e. The summed E-state index contributed by atoms with van der Waals surface area (Å²) in [5, 5.41) is 9.13. The summed E-state index contributed by atoms with van der Waals surface area (Å²) in [6.07, 6.45) is 1.46. The van der Waals surface area contributed by atoms with E-state index in [0.29, 0.717) is 4.47 Å². The molecule has 0 spiro atoms. The molecule has 2 aromatic rings. The van der Waals surface area contributed by atoms with E-state index >= 15 is 0 Å². The highest BCUT2D eigenvalue weighted by Crippen LogP contribution is 2.31. The van der Waals surface area contributed by atoms with Crippen LogP contribution in [0.4, 0.5) is 5.69 Å². The lowest BCUT2D eigenvalue weighted by Gasteiger charge is -2.15. The number of fused-ring (bicyclic) bond motifs is 1. The fourth-order valence-electron chi connectivity index (χ4n) is 2.07. The Morgan fingerprint density at radius 2 is 2.00 bits per heavy atom. The molecule has 0 unspecified atom stereocenters. The van der Waals surface area contributed by atoms with Gasteiger partial charge in [-0.1, -0.05) is 15.9 Å². The molecular weight excluding hydrogens is 322 g/mol. The van der Waals surface area contributed by atoms with Gasteiger partial charge in [0, 0.05) is 10.7 Å². The summed E-state index contributed by atoms with van der Waals surface area (Å²) in [5.41, 5.74) is 0.875. The number of aromatic nitrogens is 1. The maximum absolute atomic E-state index is 12.3. The molecule has 96 valence electrons. The highest BCUT2D eigenvalue weighted by atomic mass is 79.9. The van der Waals surface area contributed by atoms with Gasteiger partial charge in [0.2, 0.25) is 0 Å². The molecule has 5 nitrogen and oxygen atoms in total. The van der Waals surface area contributed by atoms with Crippen molar-refractivity contribution in [3.8, 4) is 6.07 Å². The number of amides is 2. The third-order valence-electron chi connectivity index (χ3n) is 2.97. The number of carbonyl (C=O) groups excluding carboxylic acids is 2. The van der Waals surface area contributed by atoms with Gasteiger partial charge in [-0.3, -0.25) is 14.6 Å². The van der Waals surface area contributed by atoms with Gasteiger partial charge >= 0.3 is 0 Å². The first-order valence-corrected chi connectivity index (χ1v) is 6.46. The summed E-state index contributed by atoms with van der Waals surface area (Å²) >= 11 is 3.27. The molecule has 0 N–H and O–H groups in total. The molecule has 1 aliphatic heterocycles. The topological polar surface area (TPSA) is 74.1 Å². The second kappa shape index (κ2) is 4.54. The number of nitrogens with zero attached hydrogens (tertiary/aromatic N) is 3. The Morgan fingerprint density at radius 1 is 1.20 bits per heavy atom. The number of carbonyl (C=O) groups is 2. The normalized spacial score (nSPS) is 13.3. The molecule has 6 heteroatoms. The van der Waals surface area contributed by atoms with E-state index < -0.39 is 11.8 Å². The predicted octanol–water partition coefficient (Wildman–Crippen LogP) is 2.52. The molecule has 0 saturated heterocycles. The molecular formula is C14H6BrN3O2. The van der Waals surface area contributed by atoms with Gasteiger partial charge in [0.25, 0.3) is 11.8 Å². The number of pyridine rings is 1. The molecule has 0 atom stereocenters. The summed E-state index contributed by atoms with van der Waals surface area (Å²) in [4.78, 5) is 29.6. The van der Waals surface area contributed by atoms with Crippen LogP contribution < -0.4 is 4.90 Å². The highest BCUT2D eigenvalue weighted by molar-refractivity contribution is 9.10. The van der Waals surface area contributed by atoms with Crippen molar-refractivity contribution in [3.05, 3.63) is 57.8 Å². The number of rotatable bonds is 1. The Morgan fingerprint density at radius 3 is 2.70 bits per heavy atom. The summed E-state index contributed by atoms with van der Waals surface area (Å²) in [5.74, 6) is -0.979. The lowest BCUT2D eigenvalue weighted by atomic mass is 10.2. The fourth-order valence-corrected chi connectivity index (χ4v) is 2.42. The van der Waals surface area contributed by atoms with Crippen LogP contribution in [0.1, 0.15) is 26.4 Å². The largest absolute Gasteiger partial charge is 0.284 e. The van der Waals surface area contributed by atoms with Crippen molar-refractivity contribution >= 4 is 33.4 Å². The number of benzene rings is 1. The number of imide groups is 1. The minimum absolute atomic E-state index is 0.112. The predicted molar refractivity (Wildman–Crippen MR) is 74.2 cm³/mol. The minimum atomic E-state index is -0.514. The fraction of sp³-hybridized carbons (Fsp3) is 0. The minimum Gasteiger partial charge on any atom is -0.268 e. The lowest BCUT2D eigenvalue weighted by molar-refractivity contribution is 0.0924. The van der Waals surface area contributed by atoms with E-state index in [1.165, 1.54) is 6.20 Å². The van der Waals surface area contributed by atoms with Crippen molar-refractivity contribution in [2.75, 3.05) is 4.90 Å². The number of halogens is 1. The molecule has 2 heterocycles. The van der Waals surface area contributed by atoms with Crippen LogP contribution >= 0.6 is 15.9 Å². The lowest BCUT2D eigenvalue weighted by Crippen LogP contribution is -2.30. The van der Waals surface area contributed by atoms with Gasteiger partial charge < -0.3 is 0 Å². The van der Waals surface area contributed by atoms with E-state index in [1.54, 1.807) is 30.3 Å². The van der Waals surface area contributed by atoms with Gasteiger partial charge in [0.15, 0.2) is 0 Å². The van der Waals surface area contributed by atoms with Gasteiger partial charge in [-0.2, -0.15) is 5.26 Å². The number of hydrogen-bond donors (Lipinski definition) is 0. The first kappa shape index (κ1) is 12.5. The molecule has 2 amide bonds. The van der Waals surface area contributed by atoms with Gasteiger partial charge in [-0.05, 0) is 30.3 Å². The van der Waals surface area contributed by atoms with Crippen LogP contribution in [0.5, 0.6) is 0 Å². The number of anilines is 1. The Bertz CT molecular complexity index is 760. The van der Waals surface area contributed by atoms with Crippen LogP contribution in [0.3, 0.4) is 0 Å². The maximum atomic E-state index is 12.3. The van der Waals surface area contributed by atoms with Crippen molar-refractivity contribution in [1.29, 1.82) is 5.26 Å². The summed E-state index contributed by atoms with van der Waals surface area (Å²) < 4.78 is 0.677. The third kappa shape index (κ3) is 1.72. The molecule has 0 radical (unpaired) electrons. The van der Waals surface area contributed by atoms with Crippen LogP contribution in [0.2, 0.25) is 0 Å². The van der Waals surface area contributed by atoms with Crippen molar-refractivity contribution in [3.63, 3.8) is 0 Å².